The summed E-state index contributed by atoms with van der Waals surface area (Å²) >= 11 is 0. The summed E-state index contributed by atoms with van der Waals surface area (Å²) in [6.07, 6.45) is 42.0. The Hall–Kier alpha value is -0.910. The highest BCUT2D eigenvalue weighted by Gasteiger charge is 2.23. The van der Waals surface area contributed by atoms with Gasteiger partial charge in [-0.15, -0.1) is 0 Å². The minimum Gasteiger partial charge on any atom is -0.394 e. The number of aliphatic hydroxyl groups excluding tert-OH is 3. The second kappa shape index (κ2) is 36.9. The largest absolute Gasteiger partial charge is 0.394 e. The van der Waals surface area contributed by atoms with E-state index >= 15 is 0 Å². The predicted octanol–water partition coefficient (Wildman–Crippen LogP) is 11.3. The highest BCUT2D eigenvalue weighted by molar-refractivity contribution is 5.80. The van der Waals surface area contributed by atoms with Crippen molar-refractivity contribution in [3.05, 3.63) is 12.2 Å². The van der Waals surface area contributed by atoms with Crippen molar-refractivity contribution >= 4 is 5.91 Å². The van der Waals surface area contributed by atoms with Crippen LogP contribution in [-0.2, 0) is 4.79 Å². The van der Waals surface area contributed by atoms with Gasteiger partial charge >= 0.3 is 0 Å². The summed E-state index contributed by atoms with van der Waals surface area (Å²) < 4.78 is 0. The molecule has 0 aromatic heterocycles. The molecule has 5 heteroatoms. The number of unbranched alkanes of at least 4 members (excludes halogenated alkanes) is 27. The van der Waals surface area contributed by atoms with Crippen molar-refractivity contribution in [3.63, 3.8) is 0 Å². The van der Waals surface area contributed by atoms with Gasteiger partial charge in [-0.25, -0.2) is 0 Å². The lowest BCUT2D eigenvalue weighted by molar-refractivity contribution is -0.131. The zero-order valence-electron chi connectivity index (χ0n) is 31.0. The molecule has 0 aromatic rings. The molecular formula is C41H81NO4. The van der Waals surface area contributed by atoms with E-state index in [-0.39, 0.29) is 6.61 Å². The van der Waals surface area contributed by atoms with Crippen molar-refractivity contribution in [3.8, 4) is 0 Å². The summed E-state index contributed by atoms with van der Waals surface area (Å²) in [5.41, 5.74) is 0. The van der Waals surface area contributed by atoms with Gasteiger partial charge in [0.25, 0.3) is 0 Å². The number of rotatable bonds is 37. The highest BCUT2D eigenvalue weighted by atomic mass is 16.3. The first-order valence-corrected chi connectivity index (χ1v) is 20.5. The van der Waals surface area contributed by atoms with E-state index in [4.69, 9.17) is 0 Å². The SMILES string of the molecule is CCCCCCCCCC/C=C\CCCCCCCCC(O)C(=O)NC(CO)C(O)CCCCCCCCCCCCCCCC. The maximum atomic E-state index is 12.4. The van der Waals surface area contributed by atoms with E-state index in [1.165, 1.54) is 161 Å². The summed E-state index contributed by atoms with van der Waals surface area (Å²) in [5, 5.41) is 33.2. The van der Waals surface area contributed by atoms with E-state index in [2.05, 4.69) is 31.3 Å². The number of aliphatic hydroxyl groups is 3. The van der Waals surface area contributed by atoms with Gasteiger partial charge in [0.1, 0.15) is 6.10 Å². The third kappa shape index (κ3) is 31.7. The molecule has 0 spiro atoms. The lowest BCUT2D eigenvalue weighted by Gasteiger charge is -2.23. The molecular weight excluding hydrogens is 570 g/mol. The van der Waals surface area contributed by atoms with E-state index in [0.717, 1.165) is 32.1 Å². The van der Waals surface area contributed by atoms with Crippen molar-refractivity contribution in [1.29, 1.82) is 0 Å². The monoisotopic (exact) mass is 652 g/mol. The van der Waals surface area contributed by atoms with E-state index in [9.17, 15) is 20.1 Å². The molecule has 0 fully saturated rings. The molecule has 0 aliphatic carbocycles. The summed E-state index contributed by atoms with van der Waals surface area (Å²) in [6, 6.07) is -0.710. The summed E-state index contributed by atoms with van der Waals surface area (Å²) in [7, 11) is 0. The molecule has 0 rings (SSSR count). The molecule has 3 atom stereocenters. The second-order valence-electron chi connectivity index (χ2n) is 14.2. The normalized spacial score (nSPS) is 13.8. The fourth-order valence-corrected chi connectivity index (χ4v) is 6.36. The van der Waals surface area contributed by atoms with Crippen LogP contribution in [0.4, 0.5) is 0 Å². The molecule has 3 unspecified atom stereocenters. The van der Waals surface area contributed by atoms with E-state index in [1.807, 2.05) is 0 Å². The molecule has 0 aromatic carbocycles. The fourth-order valence-electron chi connectivity index (χ4n) is 6.36. The van der Waals surface area contributed by atoms with Crippen molar-refractivity contribution < 1.29 is 20.1 Å². The van der Waals surface area contributed by atoms with E-state index in [0.29, 0.717) is 12.8 Å². The van der Waals surface area contributed by atoms with Crippen LogP contribution in [0.5, 0.6) is 0 Å². The Bertz CT molecular complexity index is 640. The number of carbonyl (C=O) groups is 1. The molecule has 0 heterocycles. The Morgan fingerprint density at radius 2 is 0.826 bits per heavy atom. The summed E-state index contributed by atoms with van der Waals surface area (Å²) in [6.45, 7) is 4.23. The zero-order chi connectivity index (χ0) is 33.8. The molecule has 4 N–H and O–H groups in total. The molecule has 0 saturated carbocycles. The van der Waals surface area contributed by atoms with Gasteiger partial charge in [0.15, 0.2) is 0 Å². The molecule has 0 saturated heterocycles. The topological polar surface area (TPSA) is 89.8 Å². The Kier molecular flexibility index (Phi) is 36.2. The molecule has 0 aliphatic rings. The van der Waals surface area contributed by atoms with Gasteiger partial charge in [0.05, 0.1) is 18.8 Å². The number of carbonyl (C=O) groups excluding carboxylic acids is 1. The lowest BCUT2D eigenvalue weighted by Crippen LogP contribution is -2.49. The van der Waals surface area contributed by atoms with Crippen molar-refractivity contribution in [1.82, 2.24) is 5.32 Å². The van der Waals surface area contributed by atoms with Crippen molar-refractivity contribution in [2.75, 3.05) is 6.61 Å². The lowest BCUT2D eigenvalue weighted by atomic mass is 10.0. The Balaban J connectivity index is 3.65. The third-order valence-electron chi connectivity index (χ3n) is 9.63. The van der Waals surface area contributed by atoms with Crippen molar-refractivity contribution in [2.24, 2.45) is 0 Å². The first kappa shape index (κ1) is 45.1. The van der Waals surface area contributed by atoms with Gasteiger partial charge in [-0.3, -0.25) is 4.79 Å². The minimum atomic E-state index is -1.08. The van der Waals surface area contributed by atoms with Gasteiger partial charge in [-0.1, -0.05) is 193 Å². The molecule has 0 radical (unpaired) electrons. The number of hydrogen-bond donors (Lipinski definition) is 4. The van der Waals surface area contributed by atoms with Crippen LogP contribution in [0, 0.1) is 0 Å². The molecule has 46 heavy (non-hydrogen) atoms. The highest BCUT2D eigenvalue weighted by Crippen LogP contribution is 2.16. The minimum absolute atomic E-state index is 0.313. The Morgan fingerprint density at radius 1 is 0.500 bits per heavy atom. The van der Waals surface area contributed by atoms with Crippen LogP contribution in [0.1, 0.15) is 219 Å². The van der Waals surface area contributed by atoms with Gasteiger partial charge in [-0.2, -0.15) is 0 Å². The van der Waals surface area contributed by atoms with Gasteiger partial charge in [0, 0.05) is 0 Å². The third-order valence-corrected chi connectivity index (χ3v) is 9.63. The van der Waals surface area contributed by atoms with Crippen LogP contribution >= 0.6 is 0 Å². The maximum absolute atomic E-state index is 12.4. The van der Waals surface area contributed by atoms with E-state index in [1.54, 1.807) is 0 Å². The number of allylic oxidation sites excluding steroid dienone is 2. The van der Waals surface area contributed by atoms with Gasteiger partial charge in [-0.05, 0) is 38.5 Å². The number of hydrogen-bond acceptors (Lipinski definition) is 4. The Morgan fingerprint density at radius 3 is 1.20 bits per heavy atom. The maximum Gasteiger partial charge on any atom is 0.249 e. The van der Waals surface area contributed by atoms with Crippen LogP contribution in [0.2, 0.25) is 0 Å². The summed E-state index contributed by atoms with van der Waals surface area (Å²) in [4.78, 5) is 12.4. The smallest absolute Gasteiger partial charge is 0.249 e. The van der Waals surface area contributed by atoms with Gasteiger partial charge in [0.2, 0.25) is 5.91 Å². The number of nitrogens with one attached hydrogen (secondary N) is 1. The second-order valence-corrected chi connectivity index (χ2v) is 14.2. The molecule has 274 valence electrons. The fraction of sp³-hybridized carbons (Fsp3) is 0.927. The van der Waals surface area contributed by atoms with Crippen LogP contribution in [0.3, 0.4) is 0 Å². The first-order valence-electron chi connectivity index (χ1n) is 20.5. The molecule has 0 bridgehead atoms. The predicted molar refractivity (Wildman–Crippen MR) is 199 cm³/mol. The number of amides is 1. The average Bonchev–Trinajstić information content (AvgIpc) is 3.06. The van der Waals surface area contributed by atoms with Crippen molar-refractivity contribution in [2.45, 2.75) is 238 Å². The van der Waals surface area contributed by atoms with Crippen LogP contribution in [-0.4, -0.2) is 46.1 Å². The first-order chi connectivity index (χ1) is 22.6. The molecule has 5 nitrogen and oxygen atoms in total. The molecule has 0 aliphatic heterocycles. The van der Waals surface area contributed by atoms with Gasteiger partial charge < -0.3 is 20.6 Å². The standard InChI is InChI=1S/C41H81NO4/c1-3-5-7-9-11-13-15-17-19-20-21-22-24-26-28-30-32-34-36-40(45)41(46)42-38(37-43)39(44)35-33-31-29-27-25-23-18-16-14-12-10-8-6-4-2/h20-21,38-40,43-45H,3-19,22-37H2,1-2H3,(H,42,46)/b21-20-. The average molecular weight is 652 g/mol. The van der Waals surface area contributed by atoms with E-state index < -0.39 is 24.2 Å². The van der Waals surface area contributed by atoms with Crippen LogP contribution < -0.4 is 5.32 Å². The zero-order valence-corrected chi connectivity index (χ0v) is 31.0. The molecule has 1 amide bonds. The Labute approximate surface area is 287 Å². The summed E-state index contributed by atoms with van der Waals surface area (Å²) in [5.74, 6) is -0.474. The quantitative estimate of drug-likeness (QED) is 0.0397. The van der Waals surface area contributed by atoms with Crippen LogP contribution in [0.25, 0.3) is 0 Å². The van der Waals surface area contributed by atoms with Crippen LogP contribution in [0.15, 0.2) is 12.2 Å².